The second-order valence-corrected chi connectivity index (χ2v) is 6.10. The molecule has 1 atom stereocenters. The van der Waals surface area contributed by atoms with Gasteiger partial charge in [0.15, 0.2) is 0 Å². The van der Waals surface area contributed by atoms with Gasteiger partial charge >= 0.3 is 5.51 Å². The molecule has 0 unspecified atom stereocenters. The van der Waals surface area contributed by atoms with Crippen molar-refractivity contribution in [2.24, 2.45) is 0 Å². The van der Waals surface area contributed by atoms with E-state index in [4.69, 9.17) is 0 Å². The standard InChI is InChI=1S/C16H12F5NO2S/c17-10-3-6-12(13(18)7-10)14(23)8-22-15(24)9-1-4-11(5-2-9)25-16(19,20)21/h1-7,14,23H,8H2,(H,22,24)/t14-/m1/s1. The first-order chi connectivity index (χ1) is 11.7. The molecule has 25 heavy (non-hydrogen) atoms. The predicted octanol–water partition coefficient (Wildman–Crippen LogP) is 4.04. The van der Waals surface area contributed by atoms with Crippen molar-refractivity contribution in [2.75, 3.05) is 6.54 Å². The molecule has 1 amide bonds. The molecule has 0 aromatic heterocycles. The topological polar surface area (TPSA) is 49.3 Å². The molecule has 2 rings (SSSR count). The van der Waals surface area contributed by atoms with Crippen LogP contribution in [0.5, 0.6) is 0 Å². The molecule has 0 aliphatic heterocycles. The fourth-order valence-corrected chi connectivity index (χ4v) is 2.52. The average Bonchev–Trinajstić information content (AvgIpc) is 2.51. The highest BCUT2D eigenvalue weighted by Crippen LogP contribution is 2.36. The number of benzene rings is 2. The molecular formula is C16H12F5NO2S. The number of aliphatic hydroxyl groups is 1. The van der Waals surface area contributed by atoms with E-state index in [1.165, 1.54) is 12.1 Å². The summed E-state index contributed by atoms with van der Waals surface area (Å²) in [5.41, 5.74) is -4.52. The van der Waals surface area contributed by atoms with Gasteiger partial charge in [0.05, 0.1) is 6.10 Å². The Bertz CT molecular complexity index is 749. The summed E-state index contributed by atoms with van der Waals surface area (Å²) >= 11 is -0.305. The number of nitrogens with one attached hydrogen (secondary N) is 1. The van der Waals surface area contributed by atoms with E-state index < -0.39 is 29.2 Å². The van der Waals surface area contributed by atoms with Crippen molar-refractivity contribution < 1.29 is 31.9 Å². The van der Waals surface area contributed by atoms with Crippen molar-refractivity contribution in [3.63, 3.8) is 0 Å². The highest BCUT2D eigenvalue weighted by molar-refractivity contribution is 8.00. The highest BCUT2D eigenvalue weighted by atomic mass is 32.2. The van der Waals surface area contributed by atoms with Crippen LogP contribution in [-0.4, -0.2) is 23.1 Å². The summed E-state index contributed by atoms with van der Waals surface area (Å²) in [5, 5.41) is 12.2. The Morgan fingerprint density at radius 2 is 1.76 bits per heavy atom. The molecule has 134 valence electrons. The van der Waals surface area contributed by atoms with Crippen molar-refractivity contribution in [3.05, 3.63) is 65.2 Å². The summed E-state index contributed by atoms with van der Waals surface area (Å²) in [6, 6.07) is 7.33. The fraction of sp³-hybridized carbons (Fsp3) is 0.188. The van der Waals surface area contributed by atoms with Crippen LogP contribution in [0.2, 0.25) is 0 Å². The first-order valence-electron chi connectivity index (χ1n) is 6.93. The lowest BCUT2D eigenvalue weighted by molar-refractivity contribution is -0.0328. The molecule has 0 spiro atoms. The van der Waals surface area contributed by atoms with Crippen molar-refractivity contribution >= 4 is 17.7 Å². The summed E-state index contributed by atoms with van der Waals surface area (Å²) < 4.78 is 63.0. The van der Waals surface area contributed by atoms with E-state index >= 15 is 0 Å². The minimum absolute atomic E-state index is 0.0718. The van der Waals surface area contributed by atoms with Gasteiger partial charge in [0.25, 0.3) is 5.91 Å². The Kier molecular flexibility index (Phi) is 6.02. The largest absolute Gasteiger partial charge is 0.446 e. The minimum atomic E-state index is -4.42. The van der Waals surface area contributed by atoms with Crippen molar-refractivity contribution in [3.8, 4) is 0 Å². The summed E-state index contributed by atoms with van der Waals surface area (Å²) in [7, 11) is 0. The molecule has 9 heteroatoms. The van der Waals surface area contributed by atoms with Crippen LogP contribution < -0.4 is 5.32 Å². The van der Waals surface area contributed by atoms with Gasteiger partial charge < -0.3 is 10.4 Å². The Labute approximate surface area is 143 Å². The second kappa shape index (κ2) is 7.83. The number of carbonyl (C=O) groups is 1. The van der Waals surface area contributed by atoms with Crippen LogP contribution in [0.4, 0.5) is 22.0 Å². The van der Waals surface area contributed by atoms with Crippen molar-refractivity contribution in [1.82, 2.24) is 5.32 Å². The number of aliphatic hydroxyl groups excluding tert-OH is 1. The zero-order valence-corrected chi connectivity index (χ0v) is 13.3. The van der Waals surface area contributed by atoms with Crippen molar-refractivity contribution in [2.45, 2.75) is 16.5 Å². The zero-order chi connectivity index (χ0) is 18.6. The van der Waals surface area contributed by atoms with E-state index in [1.807, 2.05) is 0 Å². The number of amides is 1. The molecule has 0 bridgehead atoms. The molecule has 2 aromatic carbocycles. The van der Waals surface area contributed by atoms with Crippen LogP contribution in [-0.2, 0) is 0 Å². The van der Waals surface area contributed by atoms with Crippen LogP contribution in [0.15, 0.2) is 47.4 Å². The lowest BCUT2D eigenvalue weighted by Crippen LogP contribution is -2.28. The molecule has 3 nitrogen and oxygen atoms in total. The maximum absolute atomic E-state index is 13.5. The number of hydrogen-bond acceptors (Lipinski definition) is 3. The number of halogens is 5. The third-order valence-corrected chi connectivity index (χ3v) is 3.87. The monoisotopic (exact) mass is 377 g/mol. The molecule has 0 saturated carbocycles. The first-order valence-corrected chi connectivity index (χ1v) is 7.74. The Hall–Kier alpha value is -2.13. The molecule has 0 radical (unpaired) electrons. The lowest BCUT2D eigenvalue weighted by Gasteiger charge is -2.13. The Morgan fingerprint density at radius 3 is 2.32 bits per heavy atom. The molecule has 0 fully saturated rings. The number of alkyl halides is 3. The summed E-state index contributed by atoms with van der Waals surface area (Å²) in [5.74, 6) is -2.39. The number of rotatable bonds is 5. The molecular weight excluding hydrogens is 365 g/mol. The highest BCUT2D eigenvalue weighted by Gasteiger charge is 2.29. The van der Waals surface area contributed by atoms with Gasteiger partial charge in [0, 0.05) is 28.6 Å². The normalized spacial score (nSPS) is 12.7. The van der Waals surface area contributed by atoms with Crippen LogP contribution in [0.1, 0.15) is 22.0 Å². The Balaban J connectivity index is 1.95. The van der Waals surface area contributed by atoms with Gasteiger partial charge in [0.2, 0.25) is 0 Å². The predicted molar refractivity (Wildman–Crippen MR) is 82.0 cm³/mol. The van der Waals surface area contributed by atoms with Gasteiger partial charge in [-0.05, 0) is 42.1 Å². The zero-order valence-electron chi connectivity index (χ0n) is 12.5. The average molecular weight is 377 g/mol. The Morgan fingerprint density at radius 1 is 1.12 bits per heavy atom. The van der Waals surface area contributed by atoms with Gasteiger partial charge in [-0.25, -0.2) is 8.78 Å². The number of hydrogen-bond donors (Lipinski definition) is 2. The molecule has 0 aliphatic carbocycles. The van der Waals surface area contributed by atoms with Crippen LogP contribution in [0, 0.1) is 11.6 Å². The molecule has 2 N–H and O–H groups in total. The third kappa shape index (κ3) is 5.71. The van der Waals surface area contributed by atoms with Crippen LogP contribution >= 0.6 is 11.8 Å². The number of thioether (sulfide) groups is 1. The lowest BCUT2D eigenvalue weighted by atomic mass is 10.1. The minimum Gasteiger partial charge on any atom is -0.386 e. The number of carbonyl (C=O) groups excluding carboxylic acids is 1. The molecule has 0 heterocycles. The maximum atomic E-state index is 13.5. The molecule has 0 saturated heterocycles. The third-order valence-electron chi connectivity index (χ3n) is 3.13. The molecule has 2 aromatic rings. The first kappa shape index (κ1) is 19.2. The van der Waals surface area contributed by atoms with E-state index in [-0.39, 0.29) is 34.3 Å². The molecule has 0 aliphatic rings. The summed E-state index contributed by atoms with van der Waals surface area (Å²) in [4.78, 5) is 11.8. The van der Waals surface area contributed by atoms with E-state index in [0.717, 1.165) is 24.3 Å². The van der Waals surface area contributed by atoms with E-state index in [9.17, 15) is 31.9 Å². The van der Waals surface area contributed by atoms with Gasteiger partial charge in [-0.3, -0.25) is 4.79 Å². The smallest absolute Gasteiger partial charge is 0.386 e. The summed E-state index contributed by atoms with van der Waals surface area (Å²) in [6.07, 6.45) is -1.40. The van der Waals surface area contributed by atoms with Crippen LogP contribution in [0.25, 0.3) is 0 Å². The quantitative estimate of drug-likeness (QED) is 0.611. The second-order valence-electron chi connectivity index (χ2n) is 4.96. The van der Waals surface area contributed by atoms with Crippen molar-refractivity contribution in [1.29, 1.82) is 0 Å². The van der Waals surface area contributed by atoms with Gasteiger partial charge in [0.1, 0.15) is 11.6 Å². The van der Waals surface area contributed by atoms with E-state index in [2.05, 4.69) is 5.32 Å². The maximum Gasteiger partial charge on any atom is 0.446 e. The van der Waals surface area contributed by atoms with E-state index in [1.54, 1.807) is 0 Å². The van der Waals surface area contributed by atoms with E-state index in [0.29, 0.717) is 6.07 Å². The summed E-state index contributed by atoms with van der Waals surface area (Å²) in [6.45, 7) is -0.347. The fourth-order valence-electron chi connectivity index (χ4n) is 1.98. The van der Waals surface area contributed by atoms with Crippen LogP contribution in [0.3, 0.4) is 0 Å². The SMILES string of the molecule is O=C(NC[C@@H](O)c1ccc(F)cc1F)c1ccc(SC(F)(F)F)cc1. The van der Waals surface area contributed by atoms with Gasteiger partial charge in [-0.15, -0.1) is 0 Å². The van der Waals surface area contributed by atoms with Gasteiger partial charge in [-0.2, -0.15) is 13.2 Å². The van der Waals surface area contributed by atoms with Gasteiger partial charge in [-0.1, -0.05) is 6.07 Å².